The number of aromatic nitrogens is 4. The molecule has 0 fully saturated rings. The van der Waals surface area contributed by atoms with Crippen molar-refractivity contribution < 1.29 is 0 Å². The molecule has 110 valence electrons. The number of aryl methyl sites for hydroxylation is 1. The van der Waals surface area contributed by atoms with Gasteiger partial charge in [-0.1, -0.05) is 0 Å². The third-order valence-electron chi connectivity index (χ3n) is 3.21. The first kappa shape index (κ1) is 14.9. The zero-order valence-corrected chi connectivity index (χ0v) is 13.2. The second kappa shape index (κ2) is 7.35. The Kier molecular flexibility index (Phi) is 5.49. The molecule has 0 radical (unpaired) electrons. The minimum absolute atomic E-state index is 0.858. The average Bonchev–Trinajstić information content (AvgIpc) is 3.06. The number of hydrogen-bond acceptors (Lipinski definition) is 6. The molecular weight excluding hydrogens is 272 g/mol. The molecule has 0 unspecified atom stereocenters. The number of thiazole rings is 1. The quantitative estimate of drug-likeness (QED) is 0.747. The normalized spacial score (nSPS) is 10.9. The maximum atomic E-state index is 4.48. The second-order valence-electron chi connectivity index (χ2n) is 4.57. The smallest absolute Gasteiger partial charge is 0.185 e. The van der Waals surface area contributed by atoms with Crippen LogP contribution in [0.5, 0.6) is 0 Å². The van der Waals surface area contributed by atoms with Gasteiger partial charge in [0.2, 0.25) is 0 Å². The number of anilines is 1. The maximum absolute atomic E-state index is 4.48. The first-order chi connectivity index (χ1) is 9.74. The SMILES string of the molecule is CCN(CC)c1ncc(CNCCc2nncn2C)s1. The highest BCUT2D eigenvalue weighted by atomic mass is 32.1. The lowest BCUT2D eigenvalue weighted by Crippen LogP contribution is -2.21. The minimum atomic E-state index is 0.858. The first-order valence-electron chi connectivity index (χ1n) is 6.97. The molecule has 0 spiro atoms. The molecule has 0 aliphatic heterocycles. The van der Waals surface area contributed by atoms with E-state index in [9.17, 15) is 0 Å². The molecule has 1 N–H and O–H groups in total. The molecule has 0 aliphatic carbocycles. The zero-order chi connectivity index (χ0) is 14.4. The van der Waals surface area contributed by atoms with E-state index in [-0.39, 0.29) is 0 Å². The summed E-state index contributed by atoms with van der Waals surface area (Å²) in [5, 5.41) is 12.5. The molecule has 0 saturated heterocycles. The van der Waals surface area contributed by atoms with Gasteiger partial charge in [0.15, 0.2) is 5.13 Å². The molecule has 2 aromatic rings. The van der Waals surface area contributed by atoms with Gasteiger partial charge in [-0.05, 0) is 13.8 Å². The van der Waals surface area contributed by atoms with E-state index in [0.717, 1.165) is 43.6 Å². The molecule has 0 aliphatic rings. The second-order valence-corrected chi connectivity index (χ2v) is 5.66. The molecule has 2 aromatic heterocycles. The predicted molar refractivity (Wildman–Crippen MR) is 82.1 cm³/mol. The van der Waals surface area contributed by atoms with Crippen LogP contribution < -0.4 is 10.2 Å². The van der Waals surface area contributed by atoms with Crippen molar-refractivity contribution >= 4 is 16.5 Å². The summed E-state index contributed by atoms with van der Waals surface area (Å²) in [7, 11) is 1.97. The van der Waals surface area contributed by atoms with Gasteiger partial charge < -0.3 is 14.8 Å². The van der Waals surface area contributed by atoms with Crippen molar-refractivity contribution in [3.63, 3.8) is 0 Å². The Morgan fingerprint density at radius 1 is 1.35 bits per heavy atom. The highest BCUT2D eigenvalue weighted by molar-refractivity contribution is 7.15. The average molecular weight is 294 g/mol. The van der Waals surface area contributed by atoms with Crippen LogP contribution in [0, 0.1) is 0 Å². The summed E-state index contributed by atoms with van der Waals surface area (Å²) < 4.78 is 1.95. The molecule has 0 bridgehead atoms. The molecule has 2 heterocycles. The van der Waals surface area contributed by atoms with E-state index in [1.807, 2.05) is 17.8 Å². The minimum Gasteiger partial charge on any atom is -0.349 e. The van der Waals surface area contributed by atoms with Crippen molar-refractivity contribution in [2.45, 2.75) is 26.8 Å². The summed E-state index contributed by atoms with van der Waals surface area (Å²) >= 11 is 1.76. The van der Waals surface area contributed by atoms with E-state index < -0.39 is 0 Å². The molecule has 0 atom stereocenters. The molecule has 20 heavy (non-hydrogen) atoms. The Morgan fingerprint density at radius 3 is 2.80 bits per heavy atom. The van der Waals surface area contributed by atoms with Gasteiger partial charge in [-0.15, -0.1) is 21.5 Å². The number of hydrogen-bond donors (Lipinski definition) is 1. The summed E-state index contributed by atoms with van der Waals surface area (Å²) in [6, 6.07) is 0. The maximum Gasteiger partial charge on any atom is 0.185 e. The van der Waals surface area contributed by atoms with E-state index in [2.05, 4.69) is 39.2 Å². The van der Waals surface area contributed by atoms with Crippen molar-refractivity contribution in [2.75, 3.05) is 24.5 Å². The van der Waals surface area contributed by atoms with Gasteiger partial charge in [-0.2, -0.15) is 0 Å². The van der Waals surface area contributed by atoms with Gasteiger partial charge in [-0.3, -0.25) is 0 Å². The molecule has 7 heteroatoms. The Balaban J connectivity index is 1.76. The fraction of sp³-hybridized carbons (Fsp3) is 0.615. The number of rotatable bonds is 8. The van der Waals surface area contributed by atoms with Crippen molar-refractivity contribution in [2.24, 2.45) is 7.05 Å². The third-order valence-corrected chi connectivity index (χ3v) is 4.26. The summed E-state index contributed by atoms with van der Waals surface area (Å²) in [6.45, 7) is 8.07. The number of nitrogens with zero attached hydrogens (tertiary/aromatic N) is 5. The Hall–Kier alpha value is -1.47. The van der Waals surface area contributed by atoms with Crippen molar-refractivity contribution in [1.82, 2.24) is 25.1 Å². The monoisotopic (exact) mass is 294 g/mol. The summed E-state index contributed by atoms with van der Waals surface area (Å²) in [6.07, 6.45) is 4.58. The lowest BCUT2D eigenvalue weighted by molar-refractivity contribution is 0.658. The Labute approximate surface area is 123 Å². The molecule has 0 saturated carbocycles. The first-order valence-corrected chi connectivity index (χ1v) is 7.79. The third kappa shape index (κ3) is 3.77. The highest BCUT2D eigenvalue weighted by Gasteiger charge is 2.07. The standard InChI is InChI=1S/C13H22N6S/c1-4-19(5-2)13-15-9-11(20-13)8-14-7-6-12-17-16-10-18(12)3/h9-10,14H,4-8H2,1-3H3. The van der Waals surface area contributed by atoms with Crippen LogP contribution in [0.3, 0.4) is 0 Å². The van der Waals surface area contributed by atoms with Crippen LogP contribution in [0.25, 0.3) is 0 Å². The van der Waals surface area contributed by atoms with Crippen LogP contribution >= 0.6 is 11.3 Å². The molecule has 2 rings (SSSR count). The van der Waals surface area contributed by atoms with Crippen molar-refractivity contribution in [3.8, 4) is 0 Å². The summed E-state index contributed by atoms with van der Waals surface area (Å²) in [5.41, 5.74) is 0. The van der Waals surface area contributed by atoms with Crippen LogP contribution in [0.2, 0.25) is 0 Å². The summed E-state index contributed by atoms with van der Waals surface area (Å²) in [5.74, 6) is 1.01. The van der Waals surface area contributed by atoms with Crippen LogP contribution in [0.1, 0.15) is 24.5 Å². The van der Waals surface area contributed by atoms with Gasteiger partial charge in [0.05, 0.1) is 0 Å². The van der Waals surface area contributed by atoms with Gasteiger partial charge in [0.25, 0.3) is 0 Å². The van der Waals surface area contributed by atoms with Crippen LogP contribution in [0.15, 0.2) is 12.5 Å². The topological polar surface area (TPSA) is 58.9 Å². The van der Waals surface area contributed by atoms with Crippen molar-refractivity contribution in [3.05, 3.63) is 23.2 Å². The predicted octanol–water partition coefficient (Wildman–Crippen LogP) is 1.45. The molecule has 0 aromatic carbocycles. The number of nitrogens with one attached hydrogen (secondary N) is 1. The molecule has 0 amide bonds. The fourth-order valence-electron chi connectivity index (χ4n) is 1.96. The van der Waals surface area contributed by atoms with Crippen LogP contribution in [-0.4, -0.2) is 39.4 Å². The Morgan fingerprint density at radius 2 is 2.15 bits per heavy atom. The lowest BCUT2D eigenvalue weighted by Gasteiger charge is -2.16. The largest absolute Gasteiger partial charge is 0.349 e. The lowest BCUT2D eigenvalue weighted by atomic mass is 10.4. The van der Waals surface area contributed by atoms with Crippen LogP contribution in [-0.2, 0) is 20.0 Å². The molecular formula is C13H22N6S. The highest BCUT2D eigenvalue weighted by Crippen LogP contribution is 2.21. The van der Waals surface area contributed by atoms with Gasteiger partial charge in [0, 0.05) is 50.7 Å². The van der Waals surface area contributed by atoms with Gasteiger partial charge in [0.1, 0.15) is 12.2 Å². The van der Waals surface area contributed by atoms with E-state index in [0.29, 0.717) is 0 Å². The van der Waals surface area contributed by atoms with E-state index in [1.165, 1.54) is 4.88 Å². The summed E-state index contributed by atoms with van der Waals surface area (Å²) in [4.78, 5) is 8.02. The fourth-order valence-corrected chi connectivity index (χ4v) is 2.97. The molecule has 6 nitrogen and oxygen atoms in total. The van der Waals surface area contributed by atoms with Gasteiger partial charge >= 0.3 is 0 Å². The Bertz CT molecular complexity index is 516. The van der Waals surface area contributed by atoms with E-state index >= 15 is 0 Å². The van der Waals surface area contributed by atoms with E-state index in [4.69, 9.17) is 0 Å². The van der Waals surface area contributed by atoms with Crippen LogP contribution in [0.4, 0.5) is 5.13 Å². The zero-order valence-electron chi connectivity index (χ0n) is 12.3. The van der Waals surface area contributed by atoms with E-state index in [1.54, 1.807) is 17.7 Å². The van der Waals surface area contributed by atoms with Gasteiger partial charge in [-0.25, -0.2) is 4.98 Å². The van der Waals surface area contributed by atoms with Crippen molar-refractivity contribution in [1.29, 1.82) is 0 Å².